The van der Waals surface area contributed by atoms with Gasteiger partial charge >= 0.3 is 12.3 Å². The van der Waals surface area contributed by atoms with Crippen molar-refractivity contribution in [2.24, 2.45) is 0 Å². The molecule has 0 aliphatic heterocycles. The first-order chi connectivity index (χ1) is 7.67. The molecule has 0 saturated heterocycles. The van der Waals surface area contributed by atoms with Crippen LogP contribution in [0.4, 0.5) is 22.0 Å². The summed E-state index contributed by atoms with van der Waals surface area (Å²) in [5.41, 5.74) is 0.232. The molecule has 0 spiro atoms. The van der Waals surface area contributed by atoms with Crippen LogP contribution in [0.2, 0.25) is 0 Å². The Morgan fingerprint density at radius 1 is 1.12 bits per heavy atom. The summed E-state index contributed by atoms with van der Waals surface area (Å²) in [7, 11) is 0. The van der Waals surface area contributed by atoms with Crippen molar-refractivity contribution in [3.8, 4) is 0 Å². The number of benzene rings is 1. The summed E-state index contributed by atoms with van der Waals surface area (Å²) in [5, 5.41) is 0. The molecule has 0 fully saturated rings. The first-order valence-corrected chi connectivity index (χ1v) is 5.66. The lowest BCUT2D eigenvalue weighted by atomic mass is 10.0. The maximum Gasteiger partial charge on any atom is 0.323 e. The molecule has 0 N–H and O–H groups in total. The van der Waals surface area contributed by atoms with Crippen LogP contribution in [0.5, 0.6) is 0 Å². The predicted octanol–water partition coefficient (Wildman–Crippen LogP) is 4.78. The molecule has 0 aliphatic rings. The summed E-state index contributed by atoms with van der Waals surface area (Å²) in [6, 6.07) is 2.27. The van der Waals surface area contributed by atoms with Gasteiger partial charge in [-0.2, -0.15) is 8.78 Å². The zero-order valence-corrected chi connectivity index (χ0v) is 10.7. The van der Waals surface area contributed by atoms with Gasteiger partial charge in [0, 0.05) is 0 Å². The number of hydrogen-bond acceptors (Lipinski definition) is 0. The molecule has 0 saturated carbocycles. The Morgan fingerprint density at radius 3 is 1.88 bits per heavy atom. The van der Waals surface area contributed by atoms with Gasteiger partial charge in [-0.05, 0) is 30.5 Å². The maximum atomic E-state index is 13.3. The highest BCUT2D eigenvalue weighted by molar-refractivity contribution is 9.09. The minimum absolute atomic E-state index is 0.0632. The number of halogens is 6. The molecule has 0 aromatic heterocycles. The van der Waals surface area contributed by atoms with Crippen LogP contribution in [0, 0.1) is 19.7 Å². The van der Waals surface area contributed by atoms with Gasteiger partial charge in [0.2, 0.25) is 0 Å². The molecule has 0 nitrogen and oxygen atoms in total. The average molecular weight is 317 g/mol. The highest BCUT2D eigenvalue weighted by atomic mass is 79.9. The van der Waals surface area contributed by atoms with Crippen LogP contribution in [0.25, 0.3) is 0 Å². The van der Waals surface area contributed by atoms with Crippen molar-refractivity contribution in [1.82, 2.24) is 0 Å². The second-order valence-corrected chi connectivity index (χ2v) is 4.72. The van der Waals surface area contributed by atoms with Gasteiger partial charge in [0.15, 0.2) is 0 Å². The van der Waals surface area contributed by atoms with Gasteiger partial charge in [0.05, 0.1) is 0 Å². The van der Waals surface area contributed by atoms with E-state index in [2.05, 4.69) is 15.9 Å². The van der Waals surface area contributed by atoms with Crippen molar-refractivity contribution in [3.05, 3.63) is 34.6 Å². The van der Waals surface area contributed by atoms with E-state index in [1.807, 2.05) is 0 Å². The third-order valence-corrected chi connectivity index (χ3v) is 3.52. The van der Waals surface area contributed by atoms with Gasteiger partial charge in [0.1, 0.15) is 10.6 Å². The van der Waals surface area contributed by atoms with E-state index in [0.29, 0.717) is 0 Å². The minimum Gasteiger partial charge on any atom is -0.206 e. The van der Waals surface area contributed by atoms with Crippen LogP contribution < -0.4 is 0 Å². The molecule has 17 heavy (non-hydrogen) atoms. The fourth-order valence-electron chi connectivity index (χ4n) is 1.46. The molecule has 0 heterocycles. The average Bonchev–Trinajstić information content (AvgIpc) is 2.23. The number of alkyl halides is 5. The zero-order chi connectivity index (χ0) is 13.4. The van der Waals surface area contributed by atoms with Crippen molar-refractivity contribution < 1.29 is 22.0 Å². The van der Waals surface area contributed by atoms with Crippen LogP contribution in [-0.2, 0) is 0 Å². The van der Waals surface area contributed by atoms with E-state index in [9.17, 15) is 22.0 Å². The van der Waals surface area contributed by atoms with Gasteiger partial charge in [0.25, 0.3) is 0 Å². The highest BCUT2D eigenvalue weighted by Crippen LogP contribution is 2.43. The summed E-state index contributed by atoms with van der Waals surface area (Å²) >= 11 is 2.55. The van der Waals surface area contributed by atoms with Crippen LogP contribution in [0.15, 0.2) is 12.1 Å². The van der Waals surface area contributed by atoms with E-state index in [-0.39, 0.29) is 16.7 Å². The predicted molar refractivity (Wildman–Crippen MR) is 58.5 cm³/mol. The fourth-order valence-corrected chi connectivity index (χ4v) is 1.92. The van der Waals surface area contributed by atoms with Crippen molar-refractivity contribution in [2.75, 3.05) is 0 Å². The monoisotopic (exact) mass is 316 g/mol. The Bertz CT molecular complexity index is 393. The molecule has 1 rings (SSSR count). The van der Waals surface area contributed by atoms with E-state index in [1.54, 1.807) is 0 Å². The lowest BCUT2D eigenvalue weighted by Crippen LogP contribution is -2.31. The van der Waals surface area contributed by atoms with Crippen molar-refractivity contribution in [3.63, 3.8) is 0 Å². The van der Waals surface area contributed by atoms with Gasteiger partial charge in [-0.25, -0.2) is 13.2 Å². The van der Waals surface area contributed by atoms with Crippen molar-refractivity contribution in [2.45, 2.75) is 31.0 Å². The summed E-state index contributed by atoms with van der Waals surface area (Å²) in [4.78, 5) is -1.84. The SMILES string of the molecule is Cc1cc(C(Br)C(F)(F)C(F)F)cc(C)c1F. The lowest BCUT2D eigenvalue weighted by Gasteiger charge is -2.22. The molecular weight excluding hydrogens is 307 g/mol. The highest BCUT2D eigenvalue weighted by Gasteiger charge is 2.48. The topological polar surface area (TPSA) is 0 Å². The Kier molecular flexibility index (Phi) is 4.17. The number of hydrogen-bond donors (Lipinski definition) is 0. The smallest absolute Gasteiger partial charge is 0.206 e. The third-order valence-electron chi connectivity index (χ3n) is 2.38. The number of rotatable bonds is 3. The molecule has 1 atom stereocenters. The molecule has 1 unspecified atom stereocenters. The standard InChI is InChI=1S/C11H10BrF5/c1-5-3-7(4-6(2)8(5)13)9(12)11(16,17)10(14)15/h3-4,9-10H,1-2H3. The van der Waals surface area contributed by atoms with Crippen molar-refractivity contribution in [1.29, 1.82) is 0 Å². The molecule has 1 aromatic rings. The van der Waals surface area contributed by atoms with Gasteiger partial charge in [-0.15, -0.1) is 0 Å². The largest absolute Gasteiger partial charge is 0.323 e. The molecule has 0 bridgehead atoms. The first kappa shape index (κ1) is 14.4. The van der Waals surface area contributed by atoms with Crippen LogP contribution >= 0.6 is 15.9 Å². The van der Waals surface area contributed by atoms with Crippen LogP contribution in [0.1, 0.15) is 21.5 Å². The normalized spacial score (nSPS) is 14.2. The lowest BCUT2D eigenvalue weighted by molar-refractivity contribution is -0.127. The number of aryl methyl sites for hydroxylation is 2. The zero-order valence-electron chi connectivity index (χ0n) is 9.08. The van der Waals surface area contributed by atoms with E-state index >= 15 is 0 Å². The molecule has 0 radical (unpaired) electrons. The second-order valence-electron chi connectivity index (χ2n) is 3.81. The Hall–Kier alpha value is -0.650. The van der Waals surface area contributed by atoms with E-state index in [1.165, 1.54) is 13.8 Å². The summed E-state index contributed by atoms with van der Waals surface area (Å²) < 4.78 is 63.8. The minimum atomic E-state index is -4.20. The summed E-state index contributed by atoms with van der Waals surface area (Å²) in [6.07, 6.45) is -3.78. The quantitative estimate of drug-likeness (QED) is 0.556. The summed E-state index contributed by atoms with van der Waals surface area (Å²) in [6.45, 7) is 2.79. The van der Waals surface area contributed by atoms with Crippen LogP contribution in [-0.4, -0.2) is 12.3 Å². The molecule has 0 amide bonds. The van der Waals surface area contributed by atoms with Gasteiger partial charge in [-0.3, -0.25) is 0 Å². The Morgan fingerprint density at radius 2 is 1.53 bits per heavy atom. The van der Waals surface area contributed by atoms with E-state index in [4.69, 9.17) is 0 Å². The van der Waals surface area contributed by atoms with Crippen molar-refractivity contribution >= 4 is 15.9 Å². The van der Waals surface area contributed by atoms with Crippen LogP contribution in [0.3, 0.4) is 0 Å². The Balaban J connectivity index is 3.18. The van der Waals surface area contributed by atoms with Gasteiger partial charge in [-0.1, -0.05) is 28.1 Å². The molecular formula is C11H10BrF5. The first-order valence-electron chi connectivity index (χ1n) is 4.74. The molecule has 0 aliphatic carbocycles. The van der Waals surface area contributed by atoms with E-state index in [0.717, 1.165) is 12.1 Å². The van der Waals surface area contributed by atoms with E-state index < -0.39 is 23.0 Å². The third kappa shape index (κ3) is 2.78. The Labute approximate surface area is 104 Å². The molecule has 6 heteroatoms. The summed E-state index contributed by atoms with van der Waals surface area (Å²) in [5.74, 6) is -4.72. The maximum absolute atomic E-state index is 13.3. The molecule has 96 valence electrons. The second kappa shape index (κ2) is 4.92. The van der Waals surface area contributed by atoms with Gasteiger partial charge < -0.3 is 0 Å². The fraction of sp³-hybridized carbons (Fsp3) is 0.455. The molecule has 1 aromatic carbocycles.